The predicted molar refractivity (Wildman–Crippen MR) is 92.9 cm³/mol. The van der Waals surface area contributed by atoms with Gasteiger partial charge in [0, 0.05) is 18.7 Å². The van der Waals surface area contributed by atoms with E-state index in [0.717, 1.165) is 29.5 Å². The van der Waals surface area contributed by atoms with Gasteiger partial charge in [-0.05, 0) is 37.1 Å². The average Bonchev–Trinajstić information content (AvgIpc) is 2.62. The number of amides is 1. The SMILES string of the molecule is COc1ccc(CCNC(=O)C(C)Oc2cc(F)ccc2[N+](=O)[O-])cc1. The normalized spacial score (nSPS) is 11.5. The number of hydrogen-bond acceptors (Lipinski definition) is 5. The van der Waals surface area contributed by atoms with Crippen LogP contribution in [0.2, 0.25) is 0 Å². The molecule has 2 rings (SSSR count). The van der Waals surface area contributed by atoms with Gasteiger partial charge in [-0.15, -0.1) is 0 Å². The number of methoxy groups -OCH3 is 1. The van der Waals surface area contributed by atoms with Crippen molar-refractivity contribution in [3.05, 3.63) is 64.0 Å². The van der Waals surface area contributed by atoms with Gasteiger partial charge in [-0.1, -0.05) is 12.1 Å². The first-order valence-corrected chi connectivity index (χ1v) is 7.92. The molecule has 1 amide bonds. The fraction of sp³-hybridized carbons (Fsp3) is 0.278. The van der Waals surface area contributed by atoms with Crippen LogP contribution < -0.4 is 14.8 Å². The lowest BCUT2D eigenvalue weighted by atomic mass is 10.1. The second kappa shape index (κ2) is 8.80. The molecular formula is C18H19FN2O5. The van der Waals surface area contributed by atoms with E-state index >= 15 is 0 Å². The molecule has 0 fully saturated rings. The highest BCUT2D eigenvalue weighted by Crippen LogP contribution is 2.28. The molecule has 138 valence electrons. The minimum atomic E-state index is -1.01. The Morgan fingerprint density at radius 2 is 1.96 bits per heavy atom. The number of benzene rings is 2. The maximum absolute atomic E-state index is 13.3. The molecule has 1 atom stereocenters. The van der Waals surface area contributed by atoms with E-state index in [0.29, 0.717) is 13.0 Å². The third-order valence-corrected chi connectivity index (χ3v) is 3.66. The molecule has 2 aromatic carbocycles. The monoisotopic (exact) mass is 362 g/mol. The van der Waals surface area contributed by atoms with Gasteiger partial charge in [0.15, 0.2) is 6.10 Å². The van der Waals surface area contributed by atoms with E-state index in [1.54, 1.807) is 7.11 Å². The Labute approximate surface area is 149 Å². The zero-order valence-corrected chi connectivity index (χ0v) is 14.4. The molecule has 1 N–H and O–H groups in total. The molecule has 2 aromatic rings. The van der Waals surface area contributed by atoms with Crippen LogP contribution in [0.3, 0.4) is 0 Å². The van der Waals surface area contributed by atoms with Crippen LogP contribution in [0.25, 0.3) is 0 Å². The fourth-order valence-corrected chi connectivity index (χ4v) is 2.24. The lowest BCUT2D eigenvalue weighted by Crippen LogP contribution is -2.37. The van der Waals surface area contributed by atoms with Crippen molar-refractivity contribution in [1.29, 1.82) is 0 Å². The Morgan fingerprint density at radius 1 is 1.27 bits per heavy atom. The number of nitrogens with zero attached hydrogens (tertiary/aromatic N) is 1. The van der Waals surface area contributed by atoms with Gasteiger partial charge in [-0.2, -0.15) is 0 Å². The molecule has 0 bridgehead atoms. The van der Waals surface area contributed by atoms with Gasteiger partial charge in [0.05, 0.1) is 12.0 Å². The number of carbonyl (C=O) groups excluding carboxylic acids is 1. The van der Waals surface area contributed by atoms with E-state index in [2.05, 4.69) is 5.32 Å². The van der Waals surface area contributed by atoms with Gasteiger partial charge < -0.3 is 14.8 Å². The third kappa shape index (κ3) is 5.17. The lowest BCUT2D eigenvalue weighted by Gasteiger charge is -2.15. The smallest absolute Gasteiger partial charge is 0.311 e. The summed E-state index contributed by atoms with van der Waals surface area (Å²) in [4.78, 5) is 22.3. The number of nitro benzene ring substituents is 1. The van der Waals surface area contributed by atoms with Crippen LogP contribution in [-0.4, -0.2) is 30.6 Å². The molecule has 0 saturated heterocycles. The summed E-state index contributed by atoms with van der Waals surface area (Å²) < 4.78 is 23.6. The first-order chi connectivity index (χ1) is 12.4. The number of halogens is 1. The van der Waals surface area contributed by atoms with Crippen molar-refractivity contribution in [3.8, 4) is 11.5 Å². The highest BCUT2D eigenvalue weighted by Gasteiger charge is 2.21. The van der Waals surface area contributed by atoms with Crippen molar-refractivity contribution in [2.45, 2.75) is 19.4 Å². The summed E-state index contributed by atoms with van der Waals surface area (Å²) in [6.45, 7) is 1.81. The number of nitrogens with one attached hydrogen (secondary N) is 1. The second-order valence-electron chi connectivity index (χ2n) is 5.52. The molecule has 0 aromatic heterocycles. The molecule has 0 spiro atoms. The van der Waals surface area contributed by atoms with Crippen LogP contribution in [0.15, 0.2) is 42.5 Å². The Morgan fingerprint density at radius 3 is 2.58 bits per heavy atom. The summed E-state index contributed by atoms with van der Waals surface area (Å²) in [5.41, 5.74) is 0.615. The average molecular weight is 362 g/mol. The fourth-order valence-electron chi connectivity index (χ4n) is 2.24. The summed E-state index contributed by atoms with van der Waals surface area (Å²) in [7, 11) is 1.58. The Balaban J connectivity index is 1.89. The molecule has 0 radical (unpaired) electrons. The highest BCUT2D eigenvalue weighted by atomic mass is 19.1. The van der Waals surface area contributed by atoms with Gasteiger partial charge in [-0.3, -0.25) is 14.9 Å². The molecule has 8 heteroatoms. The van der Waals surface area contributed by atoms with Gasteiger partial charge >= 0.3 is 5.69 Å². The van der Waals surface area contributed by atoms with Crippen molar-refractivity contribution in [2.24, 2.45) is 0 Å². The van der Waals surface area contributed by atoms with Crippen molar-refractivity contribution >= 4 is 11.6 Å². The largest absolute Gasteiger partial charge is 0.497 e. The topological polar surface area (TPSA) is 90.7 Å². The Kier molecular flexibility index (Phi) is 6.48. The van der Waals surface area contributed by atoms with Gasteiger partial charge in [0.2, 0.25) is 5.75 Å². The van der Waals surface area contributed by atoms with E-state index in [-0.39, 0.29) is 5.75 Å². The lowest BCUT2D eigenvalue weighted by molar-refractivity contribution is -0.386. The van der Waals surface area contributed by atoms with Crippen LogP contribution in [-0.2, 0) is 11.2 Å². The maximum atomic E-state index is 13.3. The first-order valence-electron chi connectivity index (χ1n) is 7.92. The van der Waals surface area contributed by atoms with E-state index < -0.39 is 28.4 Å². The minimum Gasteiger partial charge on any atom is -0.497 e. The Hall–Kier alpha value is -3.16. The van der Waals surface area contributed by atoms with Gasteiger partial charge in [0.25, 0.3) is 5.91 Å². The number of hydrogen-bond donors (Lipinski definition) is 1. The summed E-state index contributed by atoms with van der Waals surface area (Å²) >= 11 is 0. The molecule has 26 heavy (non-hydrogen) atoms. The third-order valence-electron chi connectivity index (χ3n) is 3.66. The molecule has 0 aliphatic rings. The standard InChI is InChI=1S/C18H19FN2O5/c1-12(26-17-11-14(19)5-8-16(17)21(23)24)18(22)20-10-9-13-3-6-15(25-2)7-4-13/h3-8,11-12H,9-10H2,1-2H3,(H,20,22). The van der Waals surface area contributed by atoms with E-state index in [9.17, 15) is 19.3 Å². The Bertz CT molecular complexity index is 780. The number of nitro groups is 1. The van der Waals surface area contributed by atoms with E-state index in [1.165, 1.54) is 6.92 Å². The zero-order chi connectivity index (χ0) is 19.1. The van der Waals surface area contributed by atoms with Gasteiger partial charge in [-0.25, -0.2) is 4.39 Å². The quantitative estimate of drug-likeness (QED) is 0.576. The summed E-state index contributed by atoms with van der Waals surface area (Å²) in [6.07, 6.45) is -0.408. The maximum Gasteiger partial charge on any atom is 0.311 e. The minimum absolute atomic E-state index is 0.284. The zero-order valence-electron chi connectivity index (χ0n) is 14.4. The number of rotatable bonds is 8. The summed E-state index contributed by atoms with van der Waals surface area (Å²) in [5.74, 6) is -0.668. The van der Waals surface area contributed by atoms with Crippen LogP contribution in [0.1, 0.15) is 12.5 Å². The van der Waals surface area contributed by atoms with Crippen LogP contribution >= 0.6 is 0 Å². The highest BCUT2D eigenvalue weighted by molar-refractivity contribution is 5.80. The van der Waals surface area contributed by atoms with Crippen molar-refractivity contribution in [1.82, 2.24) is 5.32 Å². The van der Waals surface area contributed by atoms with Crippen molar-refractivity contribution in [3.63, 3.8) is 0 Å². The van der Waals surface area contributed by atoms with Crippen LogP contribution in [0.5, 0.6) is 11.5 Å². The van der Waals surface area contributed by atoms with Crippen molar-refractivity contribution < 1.29 is 23.6 Å². The molecular weight excluding hydrogens is 343 g/mol. The summed E-state index contributed by atoms with van der Waals surface area (Å²) in [6, 6.07) is 10.3. The second-order valence-corrected chi connectivity index (χ2v) is 5.52. The molecule has 1 unspecified atom stereocenters. The molecule has 0 saturated carbocycles. The number of carbonyl (C=O) groups is 1. The first kappa shape index (κ1) is 19.2. The van der Waals surface area contributed by atoms with Gasteiger partial charge in [0.1, 0.15) is 11.6 Å². The molecule has 0 aliphatic heterocycles. The van der Waals surface area contributed by atoms with Crippen LogP contribution in [0, 0.1) is 15.9 Å². The van der Waals surface area contributed by atoms with Crippen molar-refractivity contribution in [2.75, 3.05) is 13.7 Å². The van der Waals surface area contributed by atoms with E-state index in [1.807, 2.05) is 24.3 Å². The van der Waals surface area contributed by atoms with Crippen LogP contribution in [0.4, 0.5) is 10.1 Å². The summed E-state index contributed by atoms with van der Waals surface area (Å²) in [5, 5.41) is 13.6. The number of ether oxygens (including phenoxy) is 2. The molecule has 0 heterocycles. The molecule has 0 aliphatic carbocycles. The molecule has 7 nitrogen and oxygen atoms in total. The van der Waals surface area contributed by atoms with E-state index in [4.69, 9.17) is 9.47 Å². The predicted octanol–water partition coefficient (Wildman–Crippen LogP) is 2.87.